The molecule has 0 unspecified atom stereocenters. The lowest BCUT2D eigenvalue weighted by Gasteiger charge is -2.26. The van der Waals surface area contributed by atoms with Gasteiger partial charge in [-0.2, -0.15) is 0 Å². The molecule has 0 bridgehead atoms. The number of nitrogens with two attached hydrogens (primary N) is 1. The molecule has 0 amide bonds. The lowest BCUT2D eigenvalue weighted by atomic mass is 9.93. The summed E-state index contributed by atoms with van der Waals surface area (Å²) in [7, 11) is -3.47. The Labute approximate surface area is 139 Å². The number of hydrogen-bond acceptors (Lipinski definition) is 4. The Morgan fingerprint density at radius 3 is 2.18 bits per heavy atom. The van der Waals surface area contributed by atoms with Crippen molar-refractivity contribution in [1.29, 1.82) is 0 Å². The standard InChI is InChI=1S/C15H24N2O3S.ClH/c1-11(2)20-14-7-9-15(10-8-14)21(18,19)17-13-5-3-12(16)4-6-13;/h7-13,17H,3-6,16H2,1-2H3;1H. The molecular formula is C15H25ClN2O3S. The zero-order valence-electron chi connectivity index (χ0n) is 13.0. The average molecular weight is 349 g/mol. The molecule has 3 N–H and O–H groups in total. The van der Waals surface area contributed by atoms with E-state index in [0.29, 0.717) is 5.75 Å². The molecule has 1 aliphatic carbocycles. The molecule has 1 aromatic carbocycles. The highest BCUT2D eigenvalue weighted by atomic mass is 35.5. The van der Waals surface area contributed by atoms with E-state index in [-0.39, 0.29) is 35.5 Å². The molecule has 1 saturated carbocycles. The van der Waals surface area contributed by atoms with Crippen LogP contribution in [-0.2, 0) is 10.0 Å². The smallest absolute Gasteiger partial charge is 0.240 e. The number of hydrogen-bond donors (Lipinski definition) is 2. The van der Waals surface area contributed by atoms with Crippen molar-refractivity contribution in [2.75, 3.05) is 0 Å². The molecule has 0 heterocycles. The normalized spacial score (nSPS) is 22.2. The lowest BCUT2D eigenvalue weighted by molar-refractivity contribution is 0.242. The van der Waals surface area contributed by atoms with Gasteiger partial charge in [-0.15, -0.1) is 12.4 Å². The number of rotatable bonds is 5. The quantitative estimate of drug-likeness (QED) is 0.856. The van der Waals surface area contributed by atoms with Crippen molar-refractivity contribution in [3.63, 3.8) is 0 Å². The highest BCUT2D eigenvalue weighted by molar-refractivity contribution is 7.89. The topological polar surface area (TPSA) is 81.4 Å². The van der Waals surface area contributed by atoms with Gasteiger partial charge in [0.05, 0.1) is 11.0 Å². The van der Waals surface area contributed by atoms with Gasteiger partial charge in [-0.1, -0.05) is 0 Å². The number of sulfonamides is 1. The first kappa shape index (κ1) is 19.2. The summed E-state index contributed by atoms with van der Waals surface area (Å²) in [5, 5.41) is 0. The van der Waals surface area contributed by atoms with Crippen molar-refractivity contribution in [3.8, 4) is 5.75 Å². The summed E-state index contributed by atoms with van der Waals surface area (Å²) in [5.74, 6) is 0.674. The Hall–Kier alpha value is -0.820. The fourth-order valence-electron chi connectivity index (χ4n) is 2.49. The second-order valence-corrected chi connectivity index (χ2v) is 7.58. The van der Waals surface area contributed by atoms with Crippen LogP contribution in [0.3, 0.4) is 0 Å². The van der Waals surface area contributed by atoms with E-state index in [1.807, 2.05) is 13.8 Å². The molecule has 1 aromatic rings. The highest BCUT2D eigenvalue weighted by Crippen LogP contribution is 2.21. The third-order valence-electron chi connectivity index (χ3n) is 3.60. The predicted molar refractivity (Wildman–Crippen MR) is 90.0 cm³/mol. The first-order valence-electron chi connectivity index (χ1n) is 7.41. The van der Waals surface area contributed by atoms with Crippen LogP contribution in [0.4, 0.5) is 0 Å². The second-order valence-electron chi connectivity index (χ2n) is 5.87. The summed E-state index contributed by atoms with van der Waals surface area (Å²) >= 11 is 0. The molecule has 126 valence electrons. The molecule has 0 saturated heterocycles. The van der Waals surface area contributed by atoms with Crippen molar-refractivity contribution in [3.05, 3.63) is 24.3 Å². The molecule has 0 spiro atoms. The first-order chi connectivity index (χ1) is 9.87. The van der Waals surface area contributed by atoms with Gasteiger partial charge in [0.1, 0.15) is 5.75 Å². The predicted octanol–water partition coefficient (Wildman–Crippen LogP) is 2.44. The Balaban J connectivity index is 0.00000242. The molecular weight excluding hydrogens is 324 g/mol. The van der Waals surface area contributed by atoms with E-state index in [0.717, 1.165) is 25.7 Å². The van der Waals surface area contributed by atoms with Gasteiger partial charge in [-0.25, -0.2) is 13.1 Å². The zero-order valence-corrected chi connectivity index (χ0v) is 14.6. The molecule has 0 atom stereocenters. The van der Waals surface area contributed by atoms with Gasteiger partial charge in [-0.3, -0.25) is 0 Å². The Morgan fingerprint density at radius 2 is 1.68 bits per heavy atom. The fraction of sp³-hybridized carbons (Fsp3) is 0.600. The van der Waals surface area contributed by atoms with E-state index in [1.54, 1.807) is 24.3 Å². The lowest BCUT2D eigenvalue weighted by Crippen LogP contribution is -2.40. The maximum absolute atomic E-state index is 12.3. The highest BCUT2D eigenvalue weighted by Gasteiger charge is 2.24. The monoisotopic (exact) mass is 348 g/mol. The summed E-state index contributed by atoms with van der Waals surface area (Å²) in [6.07, 6.45) is 3.41. The van der Waals surface area contributed by atoms with Crippen molar-refractivity contribution >= 4 is 22.4 Å². The summed E-state index contributed by atoms with van der Waals surface area (Å²) < 4.78 is 32.9. The van der Waals surface area contributed by atoms with Crippen molar-refractivity contribution in [1.82, 2.24) is 4.72 Å². The van der Waals surface area contributed by atoms with E-state index in [9.17, 15) is 8.42 Å². The summed E-state index contributed by atoms with van der Waals surface area (Å²) in [4.78, 5) is 0.272. The summed E-state index contributed by atoms with van der Waals surface area (Å²) in [6.45, 7) is 3.86. The first-order valence-corrected chi connectivity index (χ1v) is 8.90. The van der Waals surface area contributed by atoms with Crippen molar-refractivity contribution in [2.24, 2.45) is 5.73 Å². The molecule has 1 aliphatic rings. The third kappa shape index (κ3) is 5.43. The third-order valence-corrected chi connectivity index (χ3v) is 5.14. The average Bonchev–Trinajstić information content (AvgIpc) is 2.41. The molecule has 5 nitrogen and oxygen atoms in total. The van der Waals surface area contributed by atoms with Gasteiger partial charge < -0.3 is 10.5 Å². The Bertz CT molecular complexity index is 553. The zero-order chi connectivity index (χ0) is 15.5. The number of halogens is 1. The van der Waals surface area contributed by atoms with Crippen LogP contribution in [0.25, 0.3) is 0 Å². The van der Waals surface area contributed by atoms with Gasteiger partial charge in [0.2, 0.25) is 10.0 Å². The van der Waals surface area contributed by atoms with E-state index < -0.39 is 10.0 Å². The molecule has 0 aromatic heterocycles. The fourth-order valence-corrected chi connectivity index (χ4v) is 3.80. The maximum atomic E-state index is 12.3. The van der Waals surface area contributed by atoms with Crippen LogP contribution < -0.4 is 15.2 Å². The molecule has 7 heteroatoms. The van der Waals surface area contributed by atoms with Crippen LogP contribution in [-0.4, -0.2) is 26.6 Å². The van der Waals surface area contributed by atoms with Crippen LogP contribution in [0.2, 0.25) is 0 Å². The largest absolute Gasteiger partial charge is 0.491 e. The molecule has 1 fully saturated rings. The van der Waals surface area contributed by atoms with E-state index in [2.05, 4.69) is 4.72 Å². The van der Waals surface area contributed by atoms with Crippen LogP contribution in [0.1, 0.15) is 39.5 Å². The van der Waals surface area contributed by atoms with Crippen LogP contribution in [0, 0.1) is 0 Å². The van der Waals surface area contributed by atoms with E-state index in [1.165, 1.54) is 0 Å². The number of benzene rings is 1. The number of ether oxygens (including phenoxy) is 1. The SMILES string of the molecule is CC(C)Oc1ccc(S(=O)(=O)NC2CCC(N)CC2)cc1.Cl. The minimum atomic E-state index is -3.47. The number of nitrogens with one attached hydrogen (secondary N) is 1. The minimum absolute atomic E-state index is 0. The molecule has 22 heavy (non-hydrogen) atoms. The van der Waals surface area contributed by atoms with Gasteiger partial charge >= 0.3 is 0 Å². The minimum Gasteiger partial charge on any atom is -0.491 e. The van der Waals surface area contributed by atoms with Crippen LogP contribution in [0.5, 0.6) is 5.75 Å². The molecule has 2 rings (SSSR count). The van der Waals surface area contributed by atoms with Crippen LogP contribution in [0.15, 0.2) is 29.2 Å². The molecule has 0 aliphatic heterocycles. The summed E-state index contributed by atoms with van der Waals surface area (Å²) in [5.41, 5.74) is 5.84. The molecule has 0 radical (unpaired) electrons. The van der Waals surface area contributed by atoms with E-state index in [4.69, 9.17) is 10.5 Å². The van der Waals surface area contributed by atoms with Gasteiger partial charge in [-0.05, 0) is 63.8 Å². The van der Waals surface area contributed by atoms with Gasteiger partial charge in [0.25, 0.3) is 0 Å². The van der Waals surface area contributed by atoms with Crippen LogP contribution >= 0.6 is 12.4 Å². The van der Waals surface area contributed by atoms with E-state index >= 15 is 0 Å². The second kappa shape index (κ2) is 8.15. The van der Waals surface area contributed by atoms with Gasteiger partial charge in [0.15, 0.2) is 0 Å². The summed E-state index contributed by atoms with van der Waals surface area (Å²) in [6, 6.07) is 6.72. The maximum Gasteiger partial charge on any atom is 0.240 e. The van der Waals surface area contributed by atoms with Crippen molar-refractivity contribution < 1.29 is 13.2 Å². The van der Waals surface area contributed by atoms with Crippen molar-refractivity contribution in [2.45, 2.75) is 62.6 Å². The Morgan fingerprint density at radius 1 is 1.14 bits per heavy atom. The Kier molecular flexibility index (Phi) is 7.12. The van der Waals surface area contributed by atoms with Gasteiger partial charge in [0, 0.05) is 12.1 Å².